The Labute approximate surface area is 113 Å². The van der Waals surface area contributed by atoms with E-state index in [2.05, 4.69) is 15.9 Å². The second kappa shape index (κ2) is 4.90. The monoisotopic (exact) mass is 309 g/mol. The van der Waals surface area contributed by atoms with E-state index in [0.29, 0.717) is 21.8 Å². The first-order valence-corrected chi connectivity index (χ1v) is 6.10. The molecular formula is C13H9BrClNO. The van der Waals surface area contributed by atoms with E-state index in [0.717, 1.165) is 4.47 Å². The first kappa shape index (κ1) is 12.1. The summed E-state index contributed by atoms with van der Waals surface area (Å²) >= 11 is 9.10. The van der Waals surface area contributed by atoms with Crippen molar-refractivity contribution in [1.82, 2.24) is 0 Å². The molecule has 0 aromatic heterocycles. The van der Waals surface area contributed by atoms with Crippen molar-refractivity contribution in [2.45, 2.75) is 0 Å². The molecule has 0 heterocycles. The number of hydrogen-bond acceptors (Lipinski definition) is 2. The van der Waals surface area contributed by atoms with Gasteiger partial charge in [0.2, 0.25) is 0 Å². The topological polar surface area (TPSA) is 43.1 Å². The van der Waals surface area contributed by atoms with Crippen molar-refractivity contribution >= 4 is 39.0 Å². The molecule has 0 radical (unpaired) electrons. The van der Waals surface area contributed by atoms with Crippen molar-refractivity contribution in [2.24, 2.45) is 0 Å². The third-order valence-electron chi connectivity index (χ3n) is 2.37. The normalized spacial score (nSPS) is 10.2. The van der Waals surface area contributed by atoms with Gasteiger partial charge in [-0.15, -0.1) is 0 Å². The molecule has 4 heteroatoms. The summed E-state index contributed by atoms with van der Waals surface area (Å²) < 4.78 is 0.823. The highest BCUT2D eigenvalue weighted by atomic mass is 79.9. The summed E-state index contributed by atoms with van der Waals surface area (Å²) in [7, 11) is 0. The largest absolute Gasteiger partial charge is 0.398 e. The number of nitrogens with two attached hydrogens (primary N) is 1. The molecule has 2 N–H and O–H groups in total. The van der Waals surface area contributed by atoms with Crippen molar-refractivity contribution in [3.05, 3.63) is 63.1 Å². The fourth-order valence-corrected chi connectivity index (χ4v) is 1.97. The van der Waals surface area contributed by atoms with Gasteiger partial charge in [-0.25, -0.2) is 0 Å². The zero-order chi connectivity index (χ0) is 12.4. The lowest BCUT2D eigenvalue weighted by Gasteiger charge is -2.05. The van der Waals surface area contributed by atoms with Crippen LogP contribution in [0.3, 0.4) is 0 Å². The Kier molecular flexibility index (Phi) is 3.50. The van der Waals surface area contributed by atoms with Crippen LogP contribution in [0, 0.1) is 0 Å². The predicted octanol–water partition coefficient (Wildman–Crippen LogP) is 3.92. The minimum atomic E-state index is -0.111. The number of hydrogen-bond donors (Lipinski definition) is 1. The lowest BCUT2D eigenvalue weighted by molar-refractivity contribution is 0.103. The summed E-state index contributed by atoms with van der Waals surface area (Å²) in [4.78, 5) is 12.2. The Morgan fingerprint density at radius 2 is 1.76 bits per heavy atom. The Morgan fingerprint density at radius 1 is 1.12 bits per heavy atom. The molecule has 2 rings (SSSR count). The van der Waals surface area contributed by atoms with Gasteiger partial charge in [-0.05, 0) is 42.5 Å². The Hall–Kier alpha value is -1.32. The smallest absolute Gasteiger partial charge is 0.195 e. The van der Waals surface area contributed by atoms with E-state index in [1.165, 1.54) is 0 Å². The van der Waals surface area contributed by atoms with Crippen LogP contribution in [0.4, 0.5) is 5.69 Å². The Balaban J connectivity index is 2.43. The maximum Gasteiger partial charge on any atom is 0.195 e. The van der Waals surface area contributed by atoms with Crippen molar-refractivity contribution in [2.75, 3.05) is 5.73 Å². The maximum absolute atomic E-state index is 12.2. The summed E-state index contributed by atoms with van der Waals surface area (Å²) in [6.45, 7) is 0. The van der Waals surface area contributed by atoms with Crippen LogP contribution in [0.2, 0.25) is 5.02 Å². The van der Waals surface area contributed by atoms with Crippen LogP contribution in [0.25, 0.3) is 0 Å². The number of nitrogen functional groups attached to an aromatic ring is 1. The van der Waals surface area contributed by atoms with Crippen LogP contribution in [0.15, 0.2) is 46.9 Å². The van der Waals surface area contributed by atoms with Gasteiger partial charge in [-0.1, -0.05) is 27.5 Å². The minimum absolute atomic E-state index is 0.111. The van der Waals surface area contributed by atoms with E-state index in [9.17, 15) is 4.79 Å². The molecule has 0 atom stereocenters. The number of rotatable bonds is 2. The number of carbonyl (C=O) groups excluding carboxylic acids is 1. The van der Waals surface area contributed by atoms with Crippen molar-refractivity contribution in [3.8, 4) is 0 Å². The van der Waals surface area contributed by atoms with Gasteiger partial charge in [0.25, 0.3) is 0 Å². The van der Waals surface area contributed by atoms with Crippen LogP contribution < -0.4 is 5.73 Å². The van der Waals surface area contributed by atoms with Crippen LogP contribution >= 0.6 is 27.5 Å². The van der Waals surface area contributed by atoms with E-state index in [4.69, 9.17) is 17.3 Å². The molecule has 0 aliphatic rings. The molecular weight excluding hydrogens is 302 g/mol. The Bertz CT molecular complexity index is 566. The fourth-order valence-electron chi connectivity index (χ4n) is 1.48. The van der Waals surface area contributed by atoms with Gasteiger partial charge in [0, 0.05) is 26.3 Å². The molecule has 0 unspecified atom stereocenters. The van der Waals surface area contributed by atoms with Gasteiger partial charge in [0.05, 0.1) is 0 Å². The maximum atomic E-state index is 12.2. The molecule has 0 fully saturated rings. The van der Waals surface area contributed by atoms with Gasteiger partial charge in [0.1, 0.15) is 0 Å². The molecule has 0 bridgehead atoms. The van der Waals surface area contributed by atoms with Crippen molar-refractivity contribution < 1.29 is 4.79 Å². The molecule has 17 heavy (non-hydrogen) atoms. The summed E-state index contributed by atoms with van der Waals surface area (Å²) in [5.41, 5.74) is 7.31. The highest BCUT2D eigenvalue weighted by Gasteiger charge is 2.12. The number of benzene rings is 2. The molecule has 0 amide bonds. The second-order valence-corrected chi connectivity index (χ2v) is 4.92. The summed E-state index contributed by atoms with van der Waals surface area (Å²) in [5, 5.41) is 0.601. The third kappa shape index (κ3) is 2.68. The first-order chi connectivity index (χ1) is 8.08. The molecule has 0 aliphatic heterocycles. The van der Waals surface area contributed by atoms with Crippen LogP contribution in [0.5, 0.6) is 0 Å². The highest BCUT2D eigenvalue weighted by molar-refractivity contribution is 9.10. The van der Waals surface area contributed by atoms with Gasteiger partial charge in [0.15, 0.2) is 5.78 Å². The predicted molar refractivity (Wildman–Crippen MR) is 73.4 cm³/mol. The van der Waals surface area contributed by atoms with Gasteiger partial charge >= 0.3 is 0 Å². The number of ketones is 1. The van der Waals surface area contributed by atoms with Crippen molar-refractivity contribution in [1.29, 1.82) is 0 Å². The SMILES string of the molecule is Nc1ccc(Br)cc1C(=O)c1ccc(Cl)cc1. The van der Waals surface area contributed by atoms with Crippen LogP contribution in [-0.2, 0) is 0 Å². The standard InChI is InChI=1S/C13H9BrClNO/c14-9-3-6-12(16)11(7-9)13(17)8-1-4-10(15)5-2-8/h1-7H,16H2. The third-order valence-corrected chi connectivity index (χ3v) is 3.11. The Morgan fingerprint density at radius 3 is 2.41 bits per heavy atom. The van der Waals surface area contributed by atoms with E-state index in [1.807, 2.05) is 0 Å². The fraction of sp³-hybridized carbons (Fsp3) is 0. The van der Waals surface area contributed by atoms with Gasteiger partial charge < -0.3 is 5.73 Å². The quantitative estimate of drug-likeness (QED) is 0.675. The van der Waals surface area contributed by atoms with E-state index in [1.54, 1.807) is 42.5 Å². The van der Waals surface area contributed by atoms with Gasteiger partial charge in [-0.3, -0.25) is 4.79 Å². The van der Waals surface area contributed by atoms with Crippen LogP contribution in [-0.4, -0.2) is 5.78 Å². The minimum Gasteiger partial charge on any atom is -0.398 e. The zero-order valence-corrected chi connectivity index (χ0v) is 11.1. The molecule has 0 spiro atoms. The van der Waals surface area contributed by atoms with Crippen LogP contribution in [0.1, 0.15) is 15.9 Å². The molecule has 0 saturated carbocycles. The average Bonchev–Trinajstić information content (AvgIpc) is 2.32. The summed E-state index contributed by atoms with van der Waals surface area (Å²) in [6, 6.07) is 12.0. The lowest BCUT2D eigenvalue weighted by Crippen LogP contribution is -2.05. The van der Waals surface area contributed by atoms with Crippen molar-refractivity contribution in [3.63, 3.8) is 0 Å². The van der Waals surface area contributed by atoms with E-state index >= 15 is 0 Å². The molecule has 2 nitrogen and oxygen atoms in total. The van der Waals surface area contributed by atoms with E-state index < -0.39 is 0 Å². The number of anilines is 1. The van der Waals surface area contributed by atoms with Gasteiger partial charge in [-0.2, -0.15) is 0 Å². The van der Waals surface area contributed by atoms with E-state index in [-0.39, 0.29) is 5.78 Å². The molecule has 0 aliphatic carbocycles. The lowest BCUT2D eigenvalue weighted by atomic mass is 10.0. The molecule has 86 valence electrons. The molecule has 0 saturated heterocycles. The molecule has 2 aromatic rings. The highest BCUT2D eigenvalue weighted by Crippen LogP contribution is 2.22. The zero-order valence-electron chi connectivity index (χ0n) is 8.78. The second-order valence-electron chi connectivity index (χ2n) is 3.57. The number of carbonyl (C=O) groups is 1. The first-order valence-electron chi connectivity index (χ1n) is 4.93. The summed E-state index contributed by atoms with van der Waals surface area (Å²) in [5.74, 6) is -0.111. The summed E-state index contributed by atoms with van der Waals surface area (Å²) in [6.07, 6.45) is 0. The number of halogens is 2. The molecule has 2 aromatic carbocycles. The average molecular weight is 311 g/mol.